The Morgan fingerprint density at radius 1 is 0.521 bits per heavy atom. The second-order valence-corrected chi connectivity index (χ2v) is 14.6. The van der Waals surface area contributed by atoms with Crippen LogP contribution in [0.15, 0.2) is 123 Å². The van der Waals surface area contributed by atoms with Crippen LogP contribution in [0.4, 0.5) is 0 Å². The van der Waals surface area contributed by atoms with Gasteiger partial charge in [-0.2, -0.15) is 0 Å². The number of para-hydroxylation sites is 2. The topological polar surface area (TPSA) is 55.7 Å². The van der Waals surface area contributed by atoms with Crippen LogP contribution in [0.3, 0.4) is 0 Å². The molecule has 8 aromatic rings. The third-order valence-electron chi connectivity index (χ3n) is 10.5. The van der Waals surface area contributed by atoms with Crippen molar-refractivity contribution < 1.29 is 18.5 Å². The average molecular weight is 690 g/mol. The van der Waals surface area contributed by atoms with Crippen LogP contribution in [0.1, 0.15) is 49.9 Å². The minimum absolute atomic E-state index is 0.0498. The number of hydrogen-bond donors (Lipinski definition) is 1. The summed E-state index contributed by atoms with van der Waals surface area (Å²) in [5.41, 5.74) is 13.6. The highest BCUT2D eigenvalue weighted by Crippen LogP contribution is 2.54. The highest BCUT2D eigenvalue weighted by atomic mass is 79.9. The summed E-state index contributed by atoms with van der Waals surface area (Å²) in [6.07, 6.45) is 0. The van der Waals surface area contributed by atoms with E-state index in [2.05, 4.69) is 129 Å². The summed E-state index contributed by atoms with van der Waals surface area (Å²) in [7, 11) is 0.687. The van der Waals surface area contributed by atoms with Crippen molar-refractivity contribution in [1.29, 1.82) is 0 Å². The van der Waals surface area contributed by atoms with Gasteiger partial charge in [-0.15, -0.1) is 0 Å². The first-order valence-corrected chi connectivity index (χ1v) is 17.0. The Bertz CT molecular complexity index is 2610. The molecule has 6 heteroatoms. The van der Waals surface area contributed by atoms with Gasteiger partial charge in [-0.1, -0.05) is 113 Å². The lowest BCUT2D eigenvalue weighted by atomic mass is 9.82. The molecule has 0 saturated carbocycles. The number of furan rings is 2. The number of fused-ring (bicyclic) bond motifs is 14. The Kier molecular flexibility index (Phi) is 6.34. The normalized spacial score (nSPS) is 14.8. The van der Waals surface area contributed by atoms with Crippen molar-refractivity contribution in [2.24, 2.45) is 0 Å². The molecule has 0 bridgehead atoms. The van der Waals surface area contributed by atoms with Crippen LogP contribution in [0.2, 0.25) is 0 Å². The zero-order valence-electron chi connectivity index (χ0n) is 27.0. The molecule has 1 radical (unpaired) electrons. The molecule has 2 heterocycles. The van der Waals surface area contributed by atoms with Gasteiger partial charge < -0.3 is 18.5 Å². The van der Waals surface area contributed by atoms with Crippen LogP contribution in [0.5, 0.6) is 5.75 Å². The quantitative estimate of drug-likeness (QED) is 0.184. The largest absolute Gasteiger partial charge is 0.569 e. The Morgan fingerprint density at radius 3 is 1.56 bits per heavy atom. The number of benzene rings is 6. The van der Waals surface area contributed by atoms with Crippen LogP contribution in [-0.2, 0) is 10.8 Å². The molecule has 2 aliphatic rings. The summed E-state index contributed by atoms with van der Waals surface area (Å²) in [6.45, 7) is 9.06. The number of hydrogen-bond acceptors (Lipinski definition) is 4. The van der Waals surface area contributed by atoms with Gasteiger partial charge in [0.15, 0.2) is 5.58 Å². The van der Waals surface area contributed by atoms with Crippen LogP contribution < -0.4 is 4.65 Å². The van der Waals surface area contributed by atoms with Gasteiger partial charge in [0.25, 0.3) is 0 Å². The summed E-state index contributed by atoms with van der Waals surface area (Å²) >= 11 is 3.62. The molecule has 4 nitrogen and oxygen atoms in total. The minimum Gasteiger partial charge on any atom is -0.535 e. The summed E-state index contributed by atoms with van der Waals surface area (Å²) < 4.78 is 18.9. The fourth-order valence-electron chi connectivity index (χ4n) is 8.30. The van der Waals surface area contributed by atoms with Gasteiger partial charge in [0, 0.05) is 43.5 Å². The van der Waals surface area contributed by atoms with Gasteiger partial charge in [-0.25, -0.2) is 0 Å². The molecule has 0 aliphatic heterocycles. The maximum Gasteiger partial charge on any atom is 0.569 e. The fourth-order valence-corrected chi connectivity index (χ4v) is 8.75. The van der Waals surface area contributed by atoms with E-state index in [1.54, 1.807) is 6.07 Å². The lowest BCUT2D eigenvalue weighted by Gasteiger charge is -2.21. The lowest BCUT2D eigenvalue weighted by Crippen LogP contribution is -2.15. The molecule has 0 atom stereocenters. The van der Waals surface area contributed by atoms with Gasteiger partial charge in [-0.05, 0) is 73.6 Å². The molecule has 0 saturated heterocycles. The van der Waals surface area contributed by atoms with E-state index in [-0.39, 0.29) is 10.8 Å². The molecular formula is C42H31BBrO4. The van der Waals surface area contributed by atoms with Crippen LogP contribution >= 0.6 is 15.9 Å². The molecule has 233 valence electrons. The average Bonchev–Trinajstić information content (AvgIpc) is 3.79. The van der Waals surface area contributed by atoms with E-state index in [9.17, 15) is 0 Å². The number of rotatable bonds is 2. The number of halogens is 1. The van der Waals surface area contributed by atoms with Crippen LogP contribution in [0, 0.1) is 0 Å². The van der Waals surface area contributed by atoms with E-state index in [1.165, 1.54) is 55.3 Å². The monoisotopic (exact) mass is 689 g/mol. The highest BCUT2D eigenvalue weighted by molar-refractivity contribution is 9.10. The van der Waals surface area contributed by atoms with Gasteiger partial charge in [0.05, 0.1) is 4.47 Å². The summed E-state index contributed by atoms with van der Waals surface area (Å²) in [5, 5.41) is 13.4. The van der Waals surface area contributed by atoms with Gasteiger partial charge in [0.1, 0.15) is 22.5 Å². The van der Waals surface area contributed by atoms with E-state index in [0.29, 0.717) is 19.0 Å². The first-order valence-electron chi connectivity index (χ1n) is 16.2. The van der Waals surface area contributed by atoms with Crippen molar-refractivity contribution in [3.05, 3.63) is 136 Å². The highest BCUT2D eigenvalue weighted by Gasteiger charge is 2.39. The van der Waals surface area contributed by atoms with Crippen molar-refractivity contribution in [2.75, 3.05) is 0 Å². The van der Waals surface area contributed by atoms with Crippen molar-refractivity contribution in [2.45, 2.75) is 38.5 Å². The molecule has 0 fully saturated rings. The third kappa shape index (κ3) is 3.93. The lowest BCUT2D eigenvalue weighted by molar-refractivity contribution is 0.451. The molecule has 0 spiro atoms. The van der Waals surface area contributed by atoms with Crippen molar-refractivity contribution in [1.82, 2.24) is 0 Å². The van der Waals surface area contributed by atoms with E-state index in [4.69, 9.17) is 18.5 Å². The minimum atomic E-state index is -0.135. The first-order chi connectivity index (χ1) is 23.2. The summed E-state index contributed by atoms with van der Waals surface area (Å²) in [4.78, 5) is 0. The second kappa shape index (κ2) is 10.4. The maximum atomic E-state index is 9.02. The van der Waals surface area contributed by atoms with Gasteiger partial charge in [0.2, 0.25) is 0 Å². The Labute approximate surface area is 287 Å². The fraction of sp³-hybridized carbons (Fsp3) is 0.143. The molecule has 0 unspecified atom stereocenters. The SMILES string of the molecule is CC1(C)c2ccccc2-c2ccc3c(oc4c(Br)cccc43)c21.CC1(C)c2ccccc2-c2ccc3c(oc4c(O[B]O)cccc43)c21. The molecule has 2 aromatic heterocycles. The Balaban J connectivity index is 0.000000131. The predicted molar refractivity (Wildman–Crippen MR) is 199 cm³/mol. The first kappa shape index (κ1) is 29.4. The summed E-state index contributed by atoms with van der Waals surface area (Å²) in [6, 6.07) is 37.9. The molecule has 10 rings (SSSR count). The molecule has 2 aliphatic carbocycles. The van der Waals surface area contributed by atoms with E-state index < -0.39 is 0 Å². The van der Waals surface area contributed by atoms with E-state index in [1.807, 2.05) is 18.2 Å². The Hall–Kier alpha value is -4.78. The van der Waals surface area contributed by atoms with Crippen LogP contribution in [0.25, 0.3) is 66.1 Å². The van der Waals surface area contributed by atoms with Crippen molar-refractivity contribution in [3.8, 4) is 28.0 Å². The zero-order valence-corrected chi connectivity index (χ0v) is 28.6. The second-order valence-electron chi connectivity index (χ2n) is 13.7. The standard InChI is InChI=1S/C21H16BO3.C21H15BrO/c1-21(2)16-8-4-3-6-12(16)13-10-11-15-14-7-5-9-17(25-22-23)19(14)24-20(15)18(13)21;1-21(2)16-8-4-3-6-12(16)13-10-11-15-14-7-5-9-17(22)19(14)23-20(15)18(13)21/h3-11,23H,1-2H3;3-11H,1-2H3. The summed E-state index contributed by atoms with van der Waals surface area (Å²) in [5.74, 6) is 0.512. The molecule has 6 aromatic carbocycles. The van der Waals surface area contributed by atoms with Crippen molar-refractivity contribution >= 4 is 67.5 Å². The third-order valence-corrected chi connectivity index (χ3v) is 11.1. The predicted octanol–water partition coefficient (Wildman–Crippen LogP) is 11.5. The Morgan fingerprint density at radius 2 is 1.00 bits per heavy atom. The van der Waals surface area contributed by atoms with Crippen molar-refractivity contribution in [3.63, 3.8) is 0 Å². The van der Waals surface area contributed by atoms with Gasteiger partial charge in [-0.3, -0.25) is 0 Å². The smallest absolute Gasteiger partial charge is 0.535 e. The van der Waals surface area contributed by atoms with Crippen LogP contribution in [-0.4, -0.2) is 12.7 Å². The van der Waals surface area contributed by atoms with E-state index >= 15 is 0 Å². The van der Waals surface area contributed by atoms with E-state index in [0.717, 1.165) is 32.0 Å². The molecular weight excluding hydrogens is 659 g/mol. The molecule has 0 amide bonds. The maximum absolute atomic E-state index is 9.02. The molecule has 1 N–H and O–H groups in total. The van der Waals surface area contributed by atoms with Gasteiger partial charge >= 0.3 is 7.69 Å². The zero-order chi connectivity index (χ0) is 32.9. The molecule has 48 heavy (non-hydrogen) atoms.